The Bertz CT molecular complexity index is 340. The maximum atomic E-state index is 10.6. The molecule has 3 nitrogen and oxygen atoms in total. The van der Waals surface area contributed by atoms with Gasteiger partial charge in [0.05, 0.1) is 10.4 Å². The molecule has 1 aromatic rings. The first kappa shape index (κ1) is 10.7. The van der Waals surface area contributed by atoms with E-state index >= 15 is 0 Å². The van der Waals surface area contributed by atoms with Crippen LogP contribution in [0.2, 0.25) is 0 Å². The van der Waals surface area contributed by atoms with E-state index in [9.17, 15) is 5.11 Å². The van der Waals surface area contributed by atoms with Crippen LogP contribution in [-0.4, -0.2) is 34.1 Å². The number of hydrogen-bond acceptors (Lipinski definition) is 4. The highest BCUT2D eigenvalue weighted by atomic mass is 32.1. The summed E-state index contributed by atoms with van der Waals surface area (Å²) in [6.07, 6.45) is 7.67. The summed E-state index contributed by atoms with van der Waals surface area (Å²) in [5, 5.41) is 10.6. The van der Waals surface area contributed by atoms with E-state index in [0.717, 1.165) is 36.9 Å². The maximum absolute atomic E-state index is 10.6. The summed E-state index contributed by atoms with van der Waals surface area (Å²) in [4.78, 5) is 7.67. The van der Waals surface area contributed by atoms with E-state index in [1.165, 1.54) is 19.3 Å². The summed E-state index contributed by atoms with van der Waals surface area (Å²) in [6, 6.07) is 0.811. The molecule has 2 fully saturated rings. The van der Waals surface area contributed by atoms with Gasteiger partial charge in [-0.3, -0.25) is 4.98 Å². The molecule has 2 aliphatic rings. The van der Waals surface area contributed by atoms with Crippen LogP contribution in [0, 0.1) is 0 Å². The lowest BCUT2D eigenvalue weighted by Crippen LogP contribution is -2.48. The Balaban J connectivity index is 1.65. The summed E-state index contributed by atoms with van der Waals surface area (Å²) in [6.45, 7) is 2.08. The van der Waals surface area contributed by atoms with Gasteiger partial charge < -0.3 is 10.0 Å². The van der Waals surface area contributed by atoms with E-state index in [-0.39, 0.29) is 0 Å². The van der Waals surface area contributed by atoms with E-state index in [0.29, 0.717) is 0 Å². The van der Waals surface area contributed by atoms with Gasteiger partial charge in [0.1, 0.15) is 5.60 Å². The first-order valence-electron chi connectivity index (χ1n) is 6.13. The molecule has 0 atom stereocenters. The average Bonchev–Trinajstić information content (AvgIpc) is 2.72. The number of hydrogen-bond donors (Lipinski definition) is 1. The van der Waals surface area contributed by atoms with Gasteiger partial charge in [0.15, 0.2) is 0 Å². The monoisotopic (exact) mass is 238 g/mol. The number of piperidine rings is 1. The van der Waals surface area contributed by atoms with Gasteiger partial charge in [-0.2, -0.15) is 0 Å². The maximum Gasteiger partial charge on any atom is 0.103 e. The molecule has 0 amide bonds. The Morgan fingerprint density at radius 2 is 2.12 bits per heavy atom. The van der Waals surface area contributed by atoms with Gasteiger partial charge in [0.25, 0.3) is 0 Å². The predicted molar refractivity (Wildman–Crippen MR) is 64.5 cm³/mol. The van der Waals surface area contributed by atoms with Gasteiger partial charge in [-0.05, 0) is 25.7 Å². The van der Waals surface area contributed by atoms with Crippen molar-refractivity contribution in [1.82, 2.24) is 9.88 Å². The van der Waals surface area contributed by atoms with Crippen LogP contribution >= 0.6 is 11.3 Å². The zero-order valence-corrected chi connectivity index (χ0v) is 10.2. The molecule has 1 saturated heterocycles. The molecule has 16 heavy (non-hydrogen) atoms. The highest BCUT2D eigenvalue weighted by molar-refractivity contribution is 7.09. The van der Waals surface area contributed by atoms with Crippen molar-refractivity contribution in [2.24, 2.45) is 0 Å². The number of rotatable bonds is 2. The van der Waals surface area contributed by atoms with Crippen LogP contribution in [0.4, 0.5) is 0 Å². The Morgan fingerprint density at radius 3 is 2.62 bits per heavy atom. The van der Waals surface area contributed by atoms with E-state index in [1.54, 1.807) is 11.3 Å². The molecule has 1 saturated carbocycles. The summed E-state index contributed by atoms with van der Waals surface area (Å²) < 4.78 is 0. The third-order valence-corrected chi connectivity index (χ3v) is 5.07. The number of nitrogens with zero attached hydrogens (tertiary/aromatic N) is 2. The molecule has 3 rings (SSSR count). The quantitative estimate of drug-likeness (QED) is 0.856. The van der Waals surface area contributed by atoms with Crippen molar-refractivity contribution in [1.29, 1.82) is 0 Å². The number of aliphatic hydroxyl groups is 1. The fourth-order valence-electron chi connectivity index (χ4n) is 2.70. The normalized spacial score (nSPS) is 26.6. The van der Waals surface area contributed by atoms with Crippen molar-refractivity contribution in [3.63, 3.8) is 0 Å². The molecule has 0 bridgehead atoms. The smallest absolute Gasteiger partial charge is 0.103 e. The third-order valence-electron chi connectivity index (χ3n) is 4.11. The molecule has 1 aromatic heterocycles. The van der Waals surface area contributed by atoms with Gasteiger partial charge in [-0.15, -0.1) is 11.3 Å². The Hall–Kier alpha value is -0.450. The van der Waals surface area contributed by atoms with Gasteiger partial charge in [0, 0.05) is 25.3 Å². The summed E-state index contributed by atoms with van der Waals surface area (Å²) in [5.41, 5.74) is 1.22. The van der Waals surface area contributed by atoms with Crippen molar-refractivity contribution >= 4 is 11.3 Å². The SMILES string of the molecule is OC1(c2cncs2)CCN(C2CCC2)CC1. The van der Waals surface area contributed by atoms with Gasteiger partial charge in [0.2, 0.25) is 0 Å². The molecular weight excluding hydrogens is 220 g/mol. The predicted octanol–water partition coefficient (Wildman–Crippen LogP) is 1.98. The topological polar surface area (TPSA) is 36.4 Å². The molecule has 0 spiro atoms. The van der Waals surface area contributed by atoms with Gasteiger partial charge in [-0.1, -0.05) is 6.42 Å². The van der Waals surface area contributed by atoms with Crippen LogP contribution in [0.1, 0.15) is 37.0 Å². The fourth-order valence-corrected chi connectivity index (χ4v) is 3.48. The lowest BCUT2D eigenvalue weighted by atomic mass is 9.85. The fraction of sp³-hybridized carbons (Fsp3) is 0.750. The molecule has 2 heterocycles. The molecule has 1 aliphatic heterocycles. The van der Waals surface area contributed by atoms with Gasteiger partial charge >= 0.3 is 0 Å². The Morgan fingerprint density at radius 1 is 1.38 bits per heavy atom. The number of likely N-dealkylation sites (tertiary alicyclic amines) is 1. The molecule has 1 aliphatic carbocycles. The summed E-state index contributed by atoms with van der Waals surface area (Å²) >= 11 is 1.58. The van der Waals surface area contributed by atoms with Crippen molar-refractivity contribution in [3.8, 4) is 0 Å². The van der Waals surface area contributed by atoms with Crippen LogP contribution in [-0.2, 0) is 5.60 Å². The number of aromatic nitrogens is 1. The lowest BCUT2D eigenvalue weighted by Gasteiger charge is -2.44. The second kappa shape index (κ2) is 4.09. The second-order valence-corrected chi connectivity index (χ2v) is 5.90. The lowest BCUT2D eigenvalue weighted by molar-refractivity contribution is -0.0418. The van der Waals surface area contributed by atoms with Gasteiger partial charge in [-0.25, -0.2) is 0 Å². The van der Waals surface area contributed by atoms with Crippen LogP contribution < -0.4 is 0 Å². The van der Waals surface area contributed by atoms with Crippen molar-refractivity contribution in [3.05, 3.63) is 16.6 Å². The third kappa shape index (κ3) is 1.79. The average molecular weight is 238 g/mol. The molecule has 88 valence electrons. The van der Waals surface area contributed by atoms with Crippen molar-refractivity contribution in [2.75, 3.05) is 13.1 Å². The summed E-state index contributed by atoms with van der Waals surface area (Å²) in [5.74, 6) is 0. The standard InChI is InChI=1S/C12H18N2OS/c15-12(11-8-13-9-16-11)4-6-14(7-5-12)10-2-1-3-10/h8-10,15H,1-7H2. The van der Waals surface area contributed by atoms with Crippen LogP contribution in [0.25, 0.3) is 0 Å². The van der Waals surface area contributed by atoms with Crippen molar-refractivity contribution in [2.45, 2.75) is 43.7 Å². The van der Waals surface area contributed by atoms with Crippen LogP contribution in [0.15, 0.2) is 11.7 Å². The van der Waals surface area contributed by atoms with E-state index in [4.69, 9.17) is 0 Å². The van der Waals surface area contributed by atoms with E-state index in [1.807, 2.05) is 11.7 Å². The van der Waals surface area contributed by atoms with Crippen LogP contribution in [0.3, 0.4) is 0 Å². The molecule has 4 heteroatoms. The second-order valence-electron chi connectivity index (χ2n) is 5.02. The largest absolute Gasteiger partial charge is 0.384 e. The zero-order valence-electron chi connectivity index (χ0n) is 9.43. The minimum absolute atomic E-state index is 0.596. The highest BCUT2D eigenvalue weighted by Crippen LogP contribution is 2.37. The van der Waals surface area contributed by atoms with E-state index in [2.05, 4.69) is 9.88 Å². The van der Waals surface area contributed by atoms with E-state index < -0.39 is 5.60 Å². The Kier molecular flexibility index (Phi) is 2.73. The molecule has 0 aromatic carbocycles. The molecule has 0 radical (unpaired) electrons. The molecule has 0 unspecified atom stereocenters. The first-order chi connectivity index (χ1) is 7.78. The number of thiazole rings is 1. The Labute approximate surface area is 100 Å². The van der Waals surface area contributed by atoms with Crippen LogP contribution in [0.5, 0.6) is 0 Å². The minimum Gasteiger partial charge on any atom is -0.384 e. The first-order valence-corrected chi connectivity index (χ1v) is 7.01. The molecular formula is C12H18N2OS. The summed E-state index contributed by atoms with van der Waals surface area (Å²) in [7, 11) is 0. The zero-order chi connectivity index (χ0) is 11.0. The highest BCUT2D eigenvalue weighted by Gasteiger charge is 2.38. The van der Waals surface area contributed by atoms with Crippen molar-refractivity contribution < 1.29 is 5.11 Å². The minimum atomic E-state index is -0.596. The molecule has 1 N–H and O–H groups in total.